The average molecular weight is 184 g/mol. The second kappa shape index (κ2) is 5.05. The zero-order chi connectivity index (χ0) is 10.5. The van der Waals surface area contributed by atoms with Crippen molar-refractivity contribution < 1.29 is 9.53 Å². The Bertz CT molecular complexity index is 185. The van der Waals surface area contributed by atoms with Crippen molar-refractivity contribution in [2.75, 3.05) is 0 Å². The molecule has 0 atom stereocenters. The highest BCUT2D eigenvalue weighted by atomic mass is 16.6. The van der Waals surface area contributed by atoms with Gasteiger partial charge in [0.25, 0.3) is 0 Å². The molecule has 0 aromatic heterocycles. The number of hydrogen-bond donors (Lipinski definition) is 0. The van der Waals surface area contributed by atoms with Crippen molar-refractivity contribution in [1.82, 2.24) is 0 Å². The molecule has 0 amide bonds. The molecule has 0 fully saturated rings. The summed E-state index contributed by atoms with van der Waals surface area (Å²) < 4.78 is 5.09. The molecular weight excluding hydrogens is 164 g/mol. The Morgan fingerprint density at radius 3 is 2.31 bits per heavy atom. The summed E-state index contributed by atoms with van der Waals surface area (Å²) >= 11 is 0. The van der Waals surface area contributed by atoms with Crippen molar-refractivity contribution in [3.05, 3.63) is 12.2 Å². The first-order chi connectivity index (χ1) is 5.81. The summed E-state index contributed by atoms with van der Waals surface area (Å²) in [6, 6.07) is 0. The number of ether oxygens (including phenoxy) is 1. The van der Waals surface area contributed by atoms with Crippen molar-refractivity contribution in [2.45, 2.75) is 46.6 Å². The SMILES string of the molecule is CC(C)C/C=C/C(=O)OC(C)(C)C. The highest BCUT2D eigenvalue weighted by Crippen LogP contribution is 2.07. The molecule has 0 aliphatic carbocycles. The van der Waals surface area contributed by atoms with Crippen molar-refractivity contribution in [3.8, 4) is 0 Å². The number of carbonyl (C=O) groups excluding carboxylic acids is 1. The molecule has 0 heterocycles. The third-order valence-corrected chi connectivity index (χ3v) is 1.27. The third-order valence-electron chi connectivity index (χ3n) is 1.27. The van der Waals surface area contributed by atoms with E-state index in [0.29, 0.717) is 5.92 Å². The summed E-state index contributed by atoms with van der Waals surface area (Å²) in [7, 11) is 0. The van der Waals surface area contributed by atoms with Crippen LogP contribution < -0.4 is 0 Å². The first-order valence-electron chi connectivity index (χ1n) is 4.71. The van der Waals surface area contributed by atoms with Crippen molar-refractivity contribution in [3.63, 3.8) is 0 Å². The predicted molar refractivity (Wildman–Crippen MR) is 54.4 cm³/mol. The lowest BCUT2D eigenvalue weighted by Gasteiger charge is -2.17. The molecule has 0 aromatic carbocycles. The topological polar surface area (TPSA) is 26.3 Å². The predicted octanol–water partition coefficient (Wildman–Crippen LogP) is 2.93. The molecular formula is C11H20O2. The fraction of sp³-hybridized carbons (Fsp3) is 0.727. The van der Waals surface area contributed by atoms with Crippen LogP contribution in [0.3, 0.4) is 0 Å². The van der Waals surface area contributed by atoms with Gasteiger partial charge in [-0.1, -0.05) is 19.9 Å². The maximum absolute atomic E-state index is 11.1. The van der Waals surface area contributed by atoms with Crippen molar-refractivity contribution >= 4 is 5.97 Å². The standard InChI is InChI=1S/C11H20O2/c1-9(2)7-6-8-10(12)13-11(3,4)5/h6,8-9H,7H2,1-5H3/b8-6+. The van der Waals surface area contributed by atoms with Crippen LogP contribution in [0.4, 0.5) is 0 Å². The normalized spacial score (nSPS) is 12.5. The Hall–Kier alpha value is -0.790. The van der Waals surface area contributed by atoms with E-state index in [1.807, 2.05) is 26.8 Å². The molecule has 0 aliphatic rings. The van der Waals surface area contributed by atoms with E-state index in [4.69, 9.17) is 4.74 Å². The largest absolute Gasteiger partial charge is 0.457 e. The quantitative estimate of drug-likeness (QED) is 0.498. The van der Waals surface area contributed by atoms with Gasteiger partial charge in [-0.3, -0.25) is 0 Å². The first-order valence-corrected chi connectivity index (χ1v) is 4.71. The smallest absolute Gasteiger partial charge is 0.330 e. The van der Waals surface area contributed by atoms with Gasteiger partial charge in [-0.05, 0) is 33.1 Å². The summed E-state index contributed by atoms with van der Waals surface area (Å²) in [4.78, 5) is 11.1. The van der Waals surface area contributed by atoms with Gasteiger partial charge in [-0.25, -0.2) is 4.79 Å². The average Bonchev–Trinajstić information content (AvgIpc) is 1.81. The molecule has 0 N–H and O–H groups in total. The van der Waals surface area contributed by atoms with Gasteiger partial charge in [0.2, 0.25) is 0 Å². The molecule has 0 aromatic rings. The molecule has 0 spiro atoms. The minimum atomic E-state index is -0.390. The van der Waals surface area contributed by atoms with Crippen LogP contribution in [0, 0.1) is 5.92 Å². The summed E-state index contributed by atoms with van der Waals surface area (Å²) in [5.41, 5.74) is -0.390. The zero-order valence-corrected chi connectivity index (χ0v) is 9.26. The monoisotopic (exact) mass is 184 g/mol. The maximum Gasteiger partial charge on any atom is 0.330 e. The van der Waals surface area contributed by atoms with Crippen LogP contribution in [-0.4, -0.2) is 11.6 Å². The van der Waals surface area contributed by atoms with E-state index in [1.54, 1.807) is 0 Å². The van der Waals surface area contributed by atoms with Gasteiger partial charge < -0.3 is 4.74 Å². The zero-order valence-electron chi connectivity index (χ0n) is 9.26. The Labute approximate surface area is 81.0 Å². The number of esters is 1. The molecule has 2 heteroatoms. The molecule has 0 bridgehead atoms. The molecule has 13 heavy (non-hydrogen) atoms. The van der Waals surface area contributed by atoms with Crippen LogP contribution in [0.2, 0.25) is 0 Å². The molecule has 0 rings (SSSR count). The van der Waals surface area contributed by atoms with Crippen LogP contribution in [-0.2, 0) is 9.53 Å². The van der Waals surface area contributed by atoms with E-state index in [-0.39, 0.29) is 11.6 Å². The number of hydrogen-bond acceptors (Lipinski definition) is 2. The maximum atomic E-state index is 11.1. The van der Waals surface area contributed by atoms with Crippen molar-refractivity contribution in [2.24, 2.45) is 5.92 Å². The molecule has 0 unspecified atom stereocenters. The minimum absolute atomic E-state index is 0.256. The second-order valence-corrected chi connectivity index (χ2v) is 4.57. The molecule has 0 aliphatic heterocycles. The number of rotatable bonds is 3. The van der Waals surface area contributed by atoms with E-state index in [1.165, 1.54) is 6.08 Å². The second-order valence-electron chi connectivity index (χ2n) is 4.57. The lowest BCUT2D eigenvalue weighted by Crippen LogP contribution is -2.22. The van der Waals surface area contributed by atoms with Crippen LogP contribution in [0.1, 0.15) is 41.0 Å². The lowest BCUT2D eigenvalue weighted by atomic mass is 10.1. The molecule has 0 radical (unpaired) electrons. The van der Waals surface area contributed by atoms with E-state index in [9.17, 15) is 4.79 Å². The third kappa shape index (κ3) is 9.12. The van der Waals surface area contributed by atoms with Gasteiger partial charge >= 0.3 is 5.97 Å². The van der Waals surface area contributed by atoms with Crippen LogP contribution in [0.25, 0.3) is 0 Å². The fourth-order valence-corrected chi connectivity index (χ4v) is 0.772. The highest BCUT2D eigenvalue weighted by Gasteiger charge is 2.13. The Balaban J connectivity index is 3.81. The van der Waals surface area contributed by atoms with Gasteiger partial charge in [-0.15, -0.1) is 0 Å². The van der Waals surface area contributed by atoms with Crippen LogP contribution in [0.15, 0.2) is 12.2 Å². The van der Waals surface area contributed by atoms with E-state index >= 15 is 0 Å². The Kier molecular flexibility index (Phi) is 4.74. The Morgan fingerprint density at radius 2 is 1.92 bits per heavy atom. The van der Waals surface area contributed by atoms with Gasteiger partial charge in [0.1, 0.15) is 5.60 Å². The van der Waals surface area contributed by atoms with E-state index in [0.717, 1.165) is 6.42 Å². The van der Waals surface area contributed by atoms with Crippen LogP contribution >= 0.6 is 0 Å². The number of carbonyl (C=O) groups is 1. The summed E-state index contributed by atoms with van der Waals surface area (Å²) in [6.07, 6.45) is 4.28. The summed E-state index contributed by atoms with van der Waals surface area (Å²) in [5, 5.41) is 0. The summed E-state index contributed by atoms with van der Waals surface area (Å²) in [6.45, 7) is 9.81. The molecule has 76 valence electrons. The van der Waals surface area contributed by atoms with Gasteiger partial charge in [0.15, 0.2) is 0 Å². The fourth-order valence-electron chi connectivity index (χ4n) is 0.772. The summed E-state index contributed by atoms with van der Waals surface area (Å²) in [5.74, 6) is 0.326. The highest BCUT2D eigenvalue weighted by molar-refractivity contribution is 5.82. The van der Waals surface area contributed by atoms with Crippen molar-refractivity contribution in [1.29, 1.82) is 0 Å². The molecule has 0 saturated carbocycles. The molecule has 2 nitrogen and oxygen atoms in total. The lowest BCUT2D eigenvalue weighted by molar-refractivity contribution is -0.148. The van der Waals surface area contributed by atoms with Gasteiger partial charge in [0, 0.05) is 6.08 Å². The Morgan fingerprint density at radius 1 is 1.38 bits per heavy atom. The van der Waals surface area contributed by atoms with Crippen LogP contribution in [0.5, 0.6) is 0 Å². The molecule has 0 saturated heterocycles. The number of allylic oxidation sites excluding steroid dienone is 1. The van der Waals surface area contributed by atoms with Gasteiger partial charge in [-0.2, -0.15) is 0 Å². The van der Waals surface area contributed by atoms with E-state index < -0.39 is 0 Å². The minimum Gasteiger partial charge on any atom is -0.457 e. The van der Waals surface area contributed by atoms with Gasteiger partial charge in [0.05, 0.1) is 0 Å². The first kappa shape index (κ1) is 12.2. The van der Waals surface area contributed by atoms with E-state index in [2.05, 4.69) is 13.8 Å².